The van der Waals surface area contributed by atoms with Crippen molar-refractivity contribution in [2.45, 2.75) is 12.4 Å². The molecule has 2 rings (SSSR count). The normalized spacial score (nSPS) is 12.0. The van der Waals surface area contributed by atoms with Gasteiger partial charge in [-0.3, -0.25) is 20.2 Å². The van der Waals surface area contributed by atoms with E-state index in [2.05, 4.69) is 4.98 Å². The highest BCUT2D eigenvalue weighted by Gasteiger charge is 2.43. The molecule has 1 aromatic carbocycles. The van der Waals surface area contributed by atoms with Crippen molar-refractivity contribution in [3.8, 4) is 0 Å². The minimum atomic E-state index is -5.32. The van der Waals surface area contributed by atoms with Gasteiger partial charge in [0.2, 0.25) is 0 Å². The quantitative estimate of drug-likeness (QED) is 0.338. The Morgan fingerprint density at radius 3 is 1.93 bits per heavy atom. The van der Waals surface area contributed by atoms with Crippen LogP contribution < -0.4 is 5.32 Å². The summed E-state index contributed by atoms with van der Waals surface area (Å²) in [6.07, 6.45) is -9.75. The SMILES string of the molecule is O=[N+]([O-])c1cc(C(F)(F)F)c(Cl)c([N+](=O)[O-])c1Nc1ncc(Cl)cc1C(F)(F)F. The topological polar surface area (TPSA) is 111 Å². The molecule has 0 fully saturated rings. The Bertz CT molecular complexity index is 1010. The summed E-state index contributed by atoms with van der Waals surface area (Å²) in [5.41, 5.74) is -8.01. The van der Waals surface area contributed by atoms with E-state index in [4.69, 9.17) is 23.2 Å². The van der Waals surface area contributed by atoms with Crippen LogP contribution in [0.5, 0.6) is 0 Å². The van der Waals surface area contributed by atoms with Gasteiger partial charge in [0.15, 0.2) is 5.69 Å². The molecule has 8 nitrogen and oxygen atoms in total. The van der Waals surface area contributed by atoms with Gasteiger partial charge in [-0.1, -0.05) is 23.2 Å². The third kappa shape index (κ3) is 4.59. The van der Waals surface area contributed by atoms with Gasteiger partial charge < -0.3 is 5.32 Å². The van der Waals surface area contributed by atoms with Gasteiger partial charge in [-0.2, -0.15) is 26.3 Å². The van der Waals surface area contributed by atoms with Gasteiger partial charge in [0.05, 0.1) is 26.0 Å². The molecule has 0 radical (unpaired) electrons. The van der Waals surface area contributed by atoms with E-state index in [9.17, 15) is 46.6 Å². The summed E-state index contributed by atoms with van der Waals surface area (Å²) in [4.78, 5) is 22.7. The lowest BCUT2D eigenvalue weighted by atomic mass is 10.1. The number of nitro groups is 2. The van der Waals surface area contributed by atoms with Crippen LogP contribution in [0, 0.1) is 20.2 Å². The summed E-state index contributed by atoms with van der Waals surface area (Å²) >= 11 is 10.8. The molecule has 0 unspecified atom stereocenters. The van der Waals surface area contributed by atoms with E-state index in [1.165, 1.54) is 0 Å². The molecule has 1 heterocycles. The minimum Gasteiger partial charge on any atom is -0.328 e. The maximum Gasteiger partial charge on any atom is 0.420 e. The minimum absolute atomic E-state index is 0.138. The second-order valence-corrected chi connectivity index (χ2v) is 5.98. The number of nitrogens with zero attached hydrogens (tertiary/aromatic N) is 3. The first-order chi connectivity index (χ1) is 13.1. The highest BCUT2D eigenvalue weighted by molar-refractivity contribution is 6.34. The van der Waals surface area contributed by atoms with Crippen LogP contribution >= 0.6 is 23.2 Å². The van der Waals surface area contributed by atoms with E-state index >= 15 is 0 Å². The van der Waals surface area contributed by atoms with Crippen molar-refractivity contribution in [1.29, 1.82) is 0 Å². The Morgan fingerprint density at radius 2 is 1.48 bits per heavy atom. The van der Waals surface area contributed by atoms with Crippen LogP contribution in [0.2, 0.25) is 10.0 Å². The molecule has 0 spiro atoms. The molecular weight excluding hydrogens is 461 g/mol. The van der Waals surface area contributed by atoms with E-state index in [0.29, 0.717) is 12.3 Å². The molecule has 1 N–H and O–H groups in total. The summed E-state index contributed by atoms with van der Waals surface area (Å²) in [7, 11) is 0. The number of anilines is 2. The lowest BCUT2D eigenvalue weighted by Gasteiger charge is -2.16. The second kappa shape index (κ2) is 7.51. The molecule has 1 aromatic heterocycles. The zero-order valence-corrected chi connectivity index (χ0v) is 14.7. The summed E-state index contributed by atoms with van der Waals surface area (Å²) in [5.74, 6) is -1.18. The molecule has 0 atom stereocenters. The molecule has 16 heteroatoms. The number of aromatic nitrogens is 1. The van der Waals surface area contributed by atoms with Crippen molar-refractivity contribution in [2.24, 2.45) is 0 Å². The first-order valence-electron chi connectivity index (χ1n) is 6.86. The lowest BCUT2D eigenvalue weighted by molar-refractivity contribution is -0.392. The first kappa shape index (κ1) is 22.4. The lowest BCUT2D eigenvalue weighted by Crippen LogP contribution is -2.14. The van der Waals surface area contributed by atoms with Gasteiger partial charge in [0.25, 0.3) is 0 Å². The number of benzene rings is 1. The van der Waals surface area contributed by atoms with E-state index in [1.54, 1.807) is 5.32 Å². The third-order valence-electron chi connectivity index (χ3n) is 3.31. The monoisotopic (exact) mass is 464 g/mol. The molecule has 0 amide bonds. The fourth-order valence-corrected chi connectivity index (χ4v) is 2.63. The van der Waals surface area contributed by atoms with Gasteiger partial charge in [0, 0.05) is 12.3 Å². The van der Waals surface area contributed by atoms with Crippen molar-refractivity contribution in [3.63, 3.8) is 0 Å². The fourth-order valence-electron chi connectivity index (χ4n) is 2.15. The van der Waals surface area contributed by atoms with Crippen LogP contribution in [0.4, 0.5) is 49.2 Å². The van der Waals surface area contributed by atoms with Crippen molar-refractivity contribution in [3.05, 3.63) is 59.7 Å². The predicted molar refractivity (Wildman–Crippen MR) is 87.3 cm³/mol. The largest absolute Gasteiger partial charge is 0.420 e. The molecule has 2 aromatic rings. The van der Waals surface area contributed by atoms with E-state index < -0.39 is 66.3 Å². The van der Waals surface area contributed by atoms with Gasteiger partial charge in [0.1, 0.15) is 10.8 Å². The van der Waals surface area contributed by atoms with Crippen molar-refractivity contribution >= 4 is 46.1 Å². The molecule has 0 saturated heterocycles. The summed E-state index contributed by atoms with van der Waals surface area (Å²) in [5, 5.41) is 22.1. The Kier molecular flexibility index (Phi) is 5.81. The van der Waals surface area contributed by atoms with Gasteiger partial charge in [-0.25, -0.2) is 4.98 Å². The molecular formula is C13H4Cl2F6N4O4. The first-order valence-corrected chi connectivity index (χ1v) is 7.62. The summed E-state index contributed by atoms with van der Waals surface area (Å²) in [6, 6.07) is 0.223. The Labute approximate surface area is 165 Å². The molecule has 0 saturated carbocycles. The van der Waals surface area contributed by atoms with E-state index in [0.717, 1.165) is 0 Å². The van der Waals surface area contributed by atoms with E-state index in [1.807, 2.05) is 0 Å². The molecule has 0 aliphatic rings. The van der Waals surface area contributed by atoms with E-state index in [-0.39, 0.29) is 6.07 Å². The average Bonchev–Trinajstić information content (AvgIpc) is 2.53. The molecule has 29 heavy (non-hydrogen) atoms. The molecule has 0 aliphatic heterocycles. The third-order valence-corrected chi connectivity index (χ3v) is 3.90. The van der Waals surface area contributed by atoms with Crippen LogP contribution in [-0.2, 0) is 12.4 Å². The zero-order valence-electron chi connectivity index (χ0n) is 13.2. The number of rotatable bonds is 4. The van der Waals surface area contributed by atoms with Crippen molar-refractivity contribution in [2.75, 3.05) is 5.32 Å². The number of pyridine rings is 1. The maximum absolute atomic E-state index is 13.2. The average molecular weight is 465 g/mol. The van der Waals surface area contributed by atoms with Crippen molar-refractivity contribution in [1.82, 2.24) is 4.98 Å². The van der Waals surface area contributed by atoms with Crippen LogP contribution in [0.3, 0.4) is 0 Å². The summed E-state index contributed by atoms with van der Waals surface area (Å²) < 4.78 is 78.6. The molecule has 156 valence electrons. The van der Waals surface area contributed by atoms with Crippen LogP contribution in [-0.4, -0.2) is 14.8 Å². The van der Waals surface area contributed by atoms with Crippen LogP contribution in [0.1, 0.15) is 11.1 Å². The number of nitro benzene ring substituents is 2. The number of nitrogens with one attached hydrogen (secondary N) is 1. The van der Waals surface area contributed by atoms with Crippen LogP contribution in [0.25, 0.3) is 0 Å². The summed E-state index contributed by atoms with van der Waals surface area (Å²) in [6.45, 7) is 0. The fraction of sp³-hybridized carbons (Fsp3) is 0.154. The zero-order chi connectivity index (χ0) is 22.3. The highest BCUT2D eigenvalue weighted by atomic mass is 35.5. The maximum atomic E-state index is 13.2. The number of hydrogen-bond acceptors (Lipinski definition) is 6. The Hall–Kier alpha value is -2.87. The standard InChI is InChI=1S/C13H4Cl2F6N4O4/c14-4-1-6(13(19,20)21)11(22-3-4)23-9-7(24(26)27)2-5(12(16,17)18)8(15)10(9)25(28)29/h1-3H,(H,22,23). The Morgan fingerprint density at radius 1 is 0.931 bits per heavy atom. The predicted octanol–water partition coefficient (Wildman–Crippen LogP) is 5.99. The van der Waals surface area contributed by atoms with Crippen LogP contribution in [0.15, 0.2) is 18.3 Å². The molecule has 0 aliphatic carbocycles. The smallest absolute Gasteiger partial charge is 0.328 e. The Balaban J connectivity index is 2.85. The van der Waals surface area contributed by atoms with Gasteiger partial charge >= 0.3 is 23.7 Å². The second-order valence-electron chi connectivity index (χ2n) is 5.17. The highest BCUT2D eigenvalue weighted by Crippen LogP contribution is 2.49. The van der Waals surface area contributed by atoms with Gasteiger partial charge in [-0.05, 0) is 6.07 Å². The molecule has 0 bridgehead atoms. The van der Waals surface area contributed by atoms with Gasteiger partial charge in [-0.15, -0.1) is 0 Å². The number of hydrogen-bond donors (Lipinski definition) is 1. The number of alkyl halides is 6. The van der Waals surface area contributed by atoms with Crippen molar-refractivity contribution < 1.29 is 36.2 Å². The number of halogens is 8.